The lowest BCUT2D eigenvalue weighted by Gasteiger charge is -2.07. The summed E-state index contributed by atoms with van der Waals surface area (Å²) in [6, 6.07) is 7.18. The van der Waals surface area contributed by atoms with Gasteiger partial charge in [-0.15, -0.1) is 0 Å². The molecule has 1 aromatic heterocycles. The first-order valence-electron chi connectivity index (χ1n) is 6.00. The number of anilines is 1. The van der Waals surface area contributed by atoms with Crippen LogP contribution >= 0.6 is 0 Å². The molecule has 22 heavy (non-hydrogen) atoms. The minimum Gasteiger partial charge on any atom is -0.481 e. The quantitative estimate of drug-likeness (QED) is 0.526. The Kier molecular flexibility index (Phi) is 4.41. The van der Waals surface area contributed by atoms with Crippen LogP contribution in [0.3, 0.4) is 0 Å². The Morgan fingerprint density at radius 2 is 1.91 bits per heavy atom. The summed E-state index contributed by atoms with van der Waals surface area (Å²) < 4.78 is 31.6. The first-order valence-corrected chi connectivity index (χ1v) is 7.48. The molecule has 0 aliphatic rings. The molecule has 2 rings (SSSR count). The molecule has 116 valence electrons. The van der Waals surface area contributed by atoms with E-state index < -0.39 is 10.0 Å². The molecule has 0 spiro atoms. The minimum atomic E-state index is -3.83. The maximum atomic E-state index is 12.2. The second kappa shape index (κ2) is 6.26. The maximum Gasteiger partial charge on any atom is 0.264 e. The molecule has 2 aromatic rings. The van der Waals surface area contributed by atoms with Crippen molar-refractivity contribution < 1.29 is 13.2 Å². The monoisotopic (exact) mass is 322 g/mol. The van der Waals surface area contributed by atoms with Gasteiger partial charge in [0.1, 0.15) is 0 Å². The van der Waals surface area contributed by atoms with Gasteiger partial charge in [-0.05, 0) is 24.3 Å². The highest BCUT2D eigenvalue weighted by atomic mass is 32.2. The zero-order valence-corrected chi connectivity index (χ0v) is 12.4. The molecular weight excluding hydrogens is 308 g/mol. The van der Waals surface area contributed by atoms with E-state index in [4.69, 9.17) is 16.2 Å². The Labute approximate surface area is 127 Å². The van der Waals surface area contributed by atoms with Crippen molar-refractivity contribution in [3.05, 3.63) is 36.5 Å². The molecule has 0 aliphatic heterocycles. The third kappa shape index (κ3) is 3.82. The third-order valence-electron chi connectivity index (χ3n) is 2.47. The van der Waals surface area contributed by atoms with Crippen molar-refractivity contribution >= 4 is 27.6 Å². The highest BCUT2D eigenvalue weighted by molar-refractivity contribution is 7.92. The number of methoxy groups -OCH3 is 1. The van der Waals surface area contributed by atoms with Gasteiger partial charge in [0.05, 0.1) is 17.7 Å². The number of guanidine groups is 1. The van der Waals surface area contributed by atoms with Crippen LogP contribution in [0.2, 0.25) is 0 Å². The third-order valence-corrected chi connectivity index (χ3v) is 3.81. The predicted octanol–water partition coefficient (Wildman–Crippen LogP) is 0.191. The minimum absolute atomic E-state index is 0.0217. The van der Waals surface area contributed by atoms with E-state index in [0.29, 0.717) is 5.69 Å². The highest BCUT2D eigenvalue weighted by Gasteiger charge is 2.15. The summed E-state index contributed by atoms with van der Waals surface area (Å²) in [5, 5.41) is 0. The van der Waals surface area contributed by atoms with Gasteiger partial charge in [0, 0.05) is 12.3 Å². The Balaban J connectivity index is 2.24. The van der Waals surface area contributed by atoms with Crippen LogP contribution in [0.4, 0.5) is 11.6 Å². The van der Waals surface area contributed by atoms with Crippen molar-refractivity contribution in [1.82, 2.24) is 9.97 Å². The maximum absolute atomic E-state index is 12.2. The highest BCUT2D eigenvalue weighted by Crippen LogP contribution is 2.18. The normalized spacial score (nSPS) is 10.8. The molecule has 0 saturated carbocycles. The zero-order chi connectivity index (χ0) is 16.2. The average molecular weight is 322 g/mol. The molecule has 0 saturated heterocycles. The summed E-state index contributed by atoms with van der Waals surface area (Å²) in [5.41, 5.74) is 10.9. The number of aliphatic imine (C=N–C) groups is 1. The fraction of sp³-hybridized carbons (Fsp3) is 0.0833. The van der Waals surface area contributed by atoms with Crippen LogP contribution in [0.25, 0.3) is 0 Å². The van der Waals surface area contributed by atoms with Gasteiger partial charge in [0.15, 0.2) is 5.96 Å². The van der Waals surface area contributed by atoms with E-state index >= 15 is 0 Å². The number of benzene rings is 1. The summed E-state index contributed by atoms with van der Waals surface area (Å²) in [7, 11) is -2.41. The van der Waals surface area contributed by atoms with Gasteiger partial charge in [0.25, 0.3) is 10.0 Å². The largest absolute Gasteiger partial charge is 0.481 e. The number of ether oxygens (including phenoxy) is 1. The Morgan fingerprint density at radius 1 is 1.23 bits per heavy atom. The van der Waals surface area contributed by atoms with Gasteiger partial charge >= 0.3 is 0 Å². The lowest BCUT2D eigenvalue weighted by atomic mass is 10.3. The smallest absolute Gasteiger partial charge is 0.264 e. The number of hydrogen-bond donors (Lipinski definition) is 3. The molecule has 0 unspecified atom stereocenters. The Morgan fingerprint density at radius 3 is 2.50 bits per heavy atom. The number of aromatic nitrogens is 2. The van der Waals surface area contributed by atoms with Gasteiger partial charge < -0.3 is 16.2 Å². The van der Waals surface area contributed by atoms with Crippen molar-refractivity contribution in [2.24, 2.45) is 16.5 Å². The molecular formula is C12H14N6O3S. The summed E-state index contributed by atoms with van der Waals surface area (Å²) in [4.78, 5) is 11.5. The second-order valence-electron chi connectivity index (χ2n) is 4.06. The lowest BCUT2D eigenvalue weighted by Crippen LogP contribution is -2.21. The van der Waals surface area contributed by atoms with Crippen LogP contribution in [0.1, 0.15) is 0 Å². The first kappa shape index (κ1) is 15.5. The van der Waals surface area contributed by atoms with Crippen LogP contribution < -0.4 is 20.9 Å². The Bertz CT molecular complexity index is 785. The van der Waals surface area contributed by atoms with Gasteiger partial charge in [-0.2, -0.15) is 4.98 Å². The molecule has 0 aliphatic carbocycles. The topological polar surface area (TPSA) is 146 Å². The SMILES string of the molecule is COc1ccnc(NS(=O)(=O)c2ccc(N=C(N)N)cc2)n1. The molecule has 0 atom stereocenters. The number of sulfonamides is 1. The zero-order valence-electron chi connectivity index (χ0n) is 11.6. The molecule has 0 fully saturated rings. The second-order valence-corrected chi connectivity index (χ2v) is 5.74. The van der Waals surface area contributed by atoms with Crippen LogP contribution in [0.15, 0.2) is 46.4 Å². The van der Waals surface area contributed by atoms with Crippen molar-refractivity contribution in [2.45, 2.75) is 4.90 Å². The van der Waals surface area contributed by atoms with Crippen molar-refractivity contribution in [2.75, 3.05) is 11.8 Å². The number of nitrogens with one attached hydrogen (secondary N) is 1. The van der Waals surface area contributed by atoms with Crippen LogP contribution in [-0.2, 0) is 10.0 Å². The van der Waals surface area contributed by atoms with E-state index in [0.717, 1.165) is 0 Å². The molecule has 9 nitrogen and oxygen atoms in total. The van der Waals surface area contributed by atoms with Gasteiger partial charge in [-0.3, -0.25) is 0 Å². The average Bonchev–Trinajstić information content (AvgIpc) is 2.47. The van der Waals surface area contributed by atoms with Crippen LogP contribution in [0.5, 0.6) is 5.88 Å². The van der Waals surface area contributed by atoms with E-state index in [9.17, 15) is 8.42 Å². The molecule has 1 aromatic carbocycles. The van der Waals surface area contributed by atoms with E-state index in [1.54, 1.807) is 0 Å². The van der Waals surface area contributed by atoms with Crippen LogP contribution in [0, 0.1) is 0 Å². The van der Waals surface area contributed by atoms with E-state index in [1.807, 2.05) is 0 Å². The number of nitrogens with two attached hydrogens (primary N) is 2. The van der Waals surface area contributed by atoms with Gasteiger partial charge in [0.2, 0.25) is 11.8 Å². The van der Waals surface area contributed by atoms with Crippen molar-refractivity contribution in [3.63, 3.8) is 0 Å². The number of rotatable bonds is 5. The number of nitrogens with zero attached hydrogens (tertiary/aromatic N) is 3. The van der Waals surface area contributed by atoms with Crippen LogP contribution in [-0.4, -0.2) is 31.5 Å². The number of hydrogen-bond acceptors (Lipinski definition) is 6. The summed E-state index contributed by atoms with van der Waals surface area (Å²) in [6.07, 6.45) is 1.38. The molecule has 0 bridgehead atoms. The molecule has 1 heterocycles. The van der Waals surface area contributed by atoms with E-state index in [-0.39, 0.29) is 22.7 Å². The summed E-state index contributed by atoms with van der Waals surface area (Å²) in [6.45, 7) is 0. The molecule has 0 radical (unpaired) electrons. The molecule has 10 heteroatoms. The predicted molar refractivity (Wildman–Crippen MR) is 81.3 cm³/mol. The first-order chi connectivity index (χ1) is 10.4. The Hall–Kier alpha value is -2.88. The van der Waals surface area contributed by atoms with Gasteiger partial charge in [-0.25, -0.2) is 23.1 Å². The van der Waals surface area contributed by atoms with E-state index in [1.165, 1.54) is 43.6 Å². The lowest BCUT2D eigenvalue weighted by molar-refractivity contribution is 0.397. The molecule has 5 N–H and O–H groups in total. The van der Waals surface area contributed by atoms with Crippen molar-refractivity contribution in [3.8, 4) is 5.88 Å². The fourth-order valence-corrected chi connectivity index (χ4v) is 2.48. The molecule has 0 amide bonds. The fourth-order valence-electron chi connectivity index (χ4n) is 1.53. The van der Waals surface area contributed by atoms with Gasteiger partial charge in [-0.1, -0.05) is 0 Å². The summed E-state index contributed by atoms with van der Waals surface area (Å²) >= 11 is 0. The summed E-state index contributed by atoms with van der Waals surface area (Å²) in [5.74, 6) is 0.0435. The van der Waals surface area contributed by atoms with E-state index in [2.05, 4.69) is 19.7 Å². The standard InChI is InChI=1S/C12H14N6O3S/c1-21-10-6-7-15-12(17-10)18-22(19,20)9-4-2-8(3-5-9)16-11(13)14/h2-7H,1H3,(H4,13,14,16)(H,15,17,18). The van der Waals surface area contributed by atoms with Crippen molar-refractivity contribution in [1.29, 1.82) is 0 Å².